The Morgan fingerprint density at radius 2 is 2.10 bits per heavy atom. The number of H-pyrrole nitrogens is 1. The van der Waals surface area contributed by atoms with Crippen LogP contribution in [0, 0.1) is 6.92 Å². The van der Waals surface area contributed by atoms with E-state index in [9.17, 15) is 4.79 Å². The molecule has 4 rings (SSSR count). The van der Waals surface area contributed by atoms with Crippen molar-refractivity contribution in [2.24, 2.45) is 0 Å². The molecule has 0 radical (unpaired) electrons. The Hall–Kier alpha value is -3.60. The fraction of sp³-hybridized carbons (Fsp3) is 0.222. The van der Waals surface area contributed by atoms with Gasteiger partial charge in [0.1, 0.15) is 5.75 Å². The summed E-state index contributed by atoms with van der Waals surface area (Å²) in [4.78, 5) is 16.6. The van der Waals surface area contributed by atoms with Crippen LogP contribution in [0.5, 0.6) is 5.75 Å². The van der Waals surface area contributed by atoms with Crippen molar-refractivity contribution in [3.05, 3.63) is 53.4 Å². The first-order chi connectivity index (χ1) is 14.1. The summed E-state index contributed by atoms with van der Waals surface area (Å²) >= 11 is 1.28. The predicted molar refractivity (Wildman–Crippen MR) is 105 cm³/mol. The standard InChI is InChI=1S/C18H17N7O3S/c1-3-15-20-14(25-28-15)9-27-12-6-4-11(5-7-12)16(26)21-18-24-23-17(29-18)13-8-19-22-10(13)2/h4-8H,3,9H2,1-2H3,(H,19,22)(H,21,24,26). The summed E-state index contributed by atoms with van der Waals surface area (Å²) in [7, 11) is 0. The maximum Gasteiger partial charge on any atom is 0.257 e. The van der Waals surface area contributed by atoms with Gasteiger partial charge in [0.2, 0.25) is 16.8 Å². The summed E-state index contributed by atoms with van der Waals surface area (Å²) in [6.45, 7) is 4.02. The van der Waals surface area contributed by atoms with E-state index >= 15 is 0 Å². The number of aryl methyl sites for hydroxylation is 2. The fourth-order valence-electron chi connectivity index (χ4n) is 2.46. The summed E-state index contributed by atoms with van der Waals surface area (Å²) in [5.74, 6) is 1.36. The topological polar surface area (TPSA) is 132 Å². The second kappa shape index (κ2) is 8.19. The van der Waals surface area contributed by atoms with Crippen LogP contribution < -0.4 is 10.1 Å². The van der Waals surface area contributed by atoms with Crippen LogP contribution in [-0.4, -0.2) is 36.4 Å². The number of anilines is 1. The maximum absolute atomic E-state index is 12.4. The van der Waals surface area contributed by atoms with Crippen LogP contribution in [0.4, 0.5) is 5.13 Å². The summed E-state index contributed by atoms with van der Waals surface area (Å²) in [5.41, 5.74) is 2.22. The Morgan fingerprint density at radius 3 is 2.79 bits per heavy atom. The largest absolute Gasteiger partial charge is 0.485 e. The molecule has 0 saturated carbocycles. The smallest absolute Gasteiger partial charge is 0.257 e. The minimum atomic E-state index is -0.283. The number of carbonyl (C=O) groups excluding carboxylic acids is 1. The molecule has 1 aromatic carbocycles. The Bertz CT molecular complexity index is 1120. The third-order valence-electron chi connectivity index (χ3n) is 4.00. The van der Waals surface area contributed by atoms with Crippen LogP contribution in [0.25, 0.3) is 10.6 Å². The summed E-state index contributed by atoms with van der Waals surface area (Å²) in [6, 6.07) is 6.74. The molecule has 0 aliphatic carbocycles. The van der Waals surface area contributed by atoms with Crippen LogP contribution >= 0.6 is 11.3 Å². The zero-order valence-electron chi connectivity index (χ0n) is 15.7. The minimum absolute atomic E-state index is 0.191. The van der Waals surface area contributed by atoms with E-state index in [1.165, 1.54) is 11.3 Å². The average Bonchev–Trinajstić information content (AvgIpc) is 3.47. The van der Waals surface area contributed by atoms with Gasteiger partial charge < -0.3 is 9.26 Å². The van der Waals surface area contributed by atoms with Gasteiger partial charge in [0.15, 0.2) is 11.6 Å². The van der Waals surface area contributed by atoms with E-state index < -0.39 is 0 Å². The van der Waals surface area contributed by atoms with Crippen molar-refractivity contribution >= 4 is 22.4 Å². The van der Waals surface area contributed by atoms with Crippen molar-refractivity contribution in [2.45, 2.75) is 26.9 Å². The van der Waals surface area contributed by atoms with E-state index in [4.69, 9.17) is 9.26 Å². The number of hydrogen-bond donors (Lipinski definition) is 2. The maximum atomic E-state index is 12.4. The number of amides is 1. The predicted octanol–water partition coefficient (Wildman–Crippen LogP) is 3.01. The number of carbonyl (C=O) groups is 1. The third kappa shape index (κ3) is 4.29. The van der Waals surface area contributed by atoms with Gasteiger partial charge in [0, 0.05) is 17.7 Å². The molecular weight excluding hydrogens is 394 g/mol. The Labute approximate surface area is 169 Å². The van der Waals surface area contributed by atoms with Crippen molar-refractivity contribution < 1.29 is 14.1 Å². The number of ether oxygens (including phenoxy) is 1. The second-order valence-corrected chi connectivity index (χ2v) is 7.02. The Kier molecular flexibility index (Phi) is 5.29. The molecule has 3 aromatic heterocycles. The lowest BCUT2D eigenvalue weighted by Crippen LogP contribution is -2.11. The monoisotopic (exact) mass is 411 g/mol. The highest BCUT2D eigenvalue weighted by Crippen LogP contribution is 2.28. The van der Waals surface area contributed by atoms with E-state index in [0.29, 0.717) is 39.6 Å². The average molecular weight is 411 g/mol. The van der Waals surface area contributed by atoms with Crippen molar-refractivity contribution in [2.75, 3.05) is 5.32 Å². The quantitative estimate of drug-likeness (QED) is 0.474. The number of hydrogen-bond acceptors (Lipinski definition) is 9. The van der Waals surface area contributed by atoms with Crippen molar-refractivity contribution in [3.63, 3.8) is 0 Å². The number of nitrogens with one attached hydrogen (secondary N) is 2. The zero-order valence-corrected chi connectivity index (χ0v) is 16.5. The van der Waals surface area contributed by atoms with Gasteiger partial charge in [-0.15, -0.1) is 10.2 Å². The van der Waals surface area contributed by atoms with Crippen LogP contribution in [-0.2, 0) is 13.0 Å². The highest BCUT2D eigenvalue weighted by atomic mass is 32.1. The highest BCUT2D eigenvalue weighted by molar-refractivity contribution is 7.18. The van der Waals surface area contributed by atoms with Gasteiger partial charge >= 0.3 is 0 Å². The van der Waals surface area contributed by atoms with Crippen LogP contribution in [0.15, 0.2) is 35.0 Å². The molecule has 3 heterocycles. The van der Waals surface area contributed by atoms with Crippen LogP contribution in [0.3, 0.4) is 0 Å². The summed E-state index contributed by atoms with van der Waals surface area (Å²) in [5, 5.41) is 22.6. The second-order valence-electron chi connectivity index (χ2n) is 6.05. The van der Waals surface area contributed by atoms with E-state index in [2.05, 4.69) is 35.9 Å². The molecule has 0 aliphatic heterocycles. The third-order valence-corrected chi connectivity index (χ3v) is 4.87. The van der Waals surface area contributed by atoms with Gasteiger partial charge in [-0.3, -0.25) is 15.2 Å². The zero-order chi connectivity index (χ0) is 20.2. The molecule has 0 aliphatic rings. The van der Waals surface area contributed by atoms with E-state index in [1.54, 1.807) is 30.5 Å². The lowest BCUT2D eigenvalue weighted by molar-refractivity contribution is 0.102. The van der Waals surface area contributed by atoms with Crippen LogP contribution in [0.2, 0.25) is 0 Å². The first kappa shape index (κ1) is 18.7. The molecule has 4 aromatic rings. The lowest BCUT2D eigenvalue weighted by atomic mass is 10.2. The molecule has 0 bridgehead atoms. The molecule has 1 amide bonds. The number of aromatic amines is 1. The molecule has 0 atom stereocenters. The number of benzene rings is 1. The van der Waals surface area contributed by atoms with Gasteiger partial charge in [-0.2, -0.15) is 10.1 Å². The number of aromatic nitrogens is 6. The van der Waals surface area contributed by atoms with Crippen molar-refractivity contribution in [1.82, 2.24) is 30.5 Å². The molecule has 11 heteroatoms. The molecule has 10 nitrogen and oxygen atoms in total. The SMILES string of the molecule is CCc1nc(COc2ccc(C(=O)Nc3nnc(-c4cn[nH]c4C)s3)cc2)no1. The highest BCUT2D eigenvalue weighted by Gasteiger charge is 2.14. The number of nitrogens with zero attached hydrogens (tertiary/aromatic N) is 5. The summed E-state index contributed by atoms with van der Waals surface area (Å²) in [6.07, 6.45) is 2.35. The minimum Gasteiger partial charge on any atom is -0.485 e. The van der Waals surface area contributed by atoms with Gasteiger partial charge in [0.25, 0.3) is 5.91 Å². The molecular formula is C18H17N7O3S. The van der Waals surface area contributed by atoms with Crippen molar-refractivity contribution in [3.8, 4) is 16.3 Å². The molecule has 148 valence electrons. The van der Waals surface area contributed by atoms with Crippen LogP contribution in [0.1, 0.15) is 34.7 Å². The molecule has 0 spiro atoms. The first-order valence-corrected chi connectivity index (χ1v) is 9.63. The van der Waals surface area contributed by atoms with E-state index in [-0.39, 0.29) is 12.5 Å². The normalized spacial score (nSPS) is 10.8. The Balaban J connectivity index is 1.35. The number of rotatable bonds is 7. The lowest BCUT2D eigenvalue weighted by Gasteiger charge is -2.05. The first-order valence-electron chi connectivity index (χ1n) is 8.82. The molecule has 0 saturated heterocycles. The molecule has 2 N–H and O–H groups in total. The van der Waals surface area contributed by atoms with Gasteiger partial charge in [-0.05, 0) is 31.2 Å². The van der Waals surface area contributed by atoms with Crippen molar-refractivity contribution in [1.29, 1.82) is 0 Å². The summed E-state index contributed by atoms with van der Waals surface area (Å²) < 4.78 is 10.6. The molecule has 0 fully saturated rings. The van der Waals surface area contributed by atoms with E-state index in [0.717, 1.165) is 11.3 Å². The molecule has 29 heavy (non-hydrogen) atoms. The fourth-order valence-corrected chi connectivity index (χ4v) is 3.27. The Morgan fingerprint density at radius 1 is 1.28 bits per heavy atom. The van der Waals surface area contributed by atoms with Gasteiger partial charge in [-0.25, -0.2) is 0 Å². The molecule has 0 unspecified atom stereocenters. The van der Waals surface area contributed by atoms with E-state index in [1.807, 2.05) is 13.8 Å². The van der Waals surface area contributed by atoms with Gasteiger partial charge in [-0.1, -0.05) is 23.4 Å². The van der Waals surface area contributed by atoms with Gasteiger partial charge in [0.05, 0.1) is 11.8 Å².